The van der Waals surface area contributed by atoms with Gasteiger partial charge in [0.25, 0.3) is 0 Å². The number of methoxy groups -OCH3 is 1. The summed E-state index contributed by atoms with van der Waals surface area (Å²) in [6, 6.07) is 5.50. The van der Waals surface area contributed by atoms with Crippen molar-refractivity contribution in [2.45, 2.75) is 12.6 Å². The van der Waals surface area contributed by atoms with Gasteiger partial charge in [0.15, 0.2) is 0 Å². The molecule has 0 saturated heterocycles. The maximum atomic E-state index is 12.8. The van der Waals surface area contributed by atoms with Gasteiger partial charge in [0.05, 0.1) is 25.2 Å². The van der Waals surface area contributed by atoms with E-state index >= 15 is 0 Å². The second kappa shape index (κ2) is 4.75. The topological polar surface area (TPSA) is 56.8 Å². The van der Waals surface area contributed by atoms with Crippen LogP contribution in [-0.2, 0) is 12.6 Å². The summed E-state index contributed by atoms with van der Waals surface area (Å²) in [5, 5.41) is 17.2. The van der Waals surface area contributed by atoms with Crippen LogP contribution in [0, 0.1) is 22.7 Å². The zero-order valence-corrected chi connectivity index (χ0v) is 8.80. The fraction of sp³-hybridized carbons (Fsp3) is 0.273. The maximum Gasteiger partial charge on any atom is 0.418 e. The molecule has 3 nitrogen and oxygen atoms in total. The molecular weight excluding hydrogens is 233 g/mol. The Morgan fingerprint density at radius 1 is 1.29 bits per heavy atom. The number of ether oxygens (including phenoxy) is 1. The summed E-state index contributed by atoms with van der Waals surface area (Å²) in [7, 11) is 1.18. The van der Waals surface area contributed by atoms with Gasteiger partial charge in [-0.15, -0.1) is 0 Å². The molecule has 0 aliphatic rings. The quantitative estimate of drug-likeness (QED) is 0.798. The summed E-state index contributed by atoms with van der Waals surface area (Å²) in [6.45, 7) is 0. The van der Waals surface area contributed by atoms with E-state index in [9.17, 15) is 13.2 Å². The molecule has 0 aliphatic heterocycles. The lowest BCUT2D eigenvalue weighted by Gasteiger charge is -2.15. The minimum atomic E-state index is -4.69. The van der Waals surface area contributed by atoms with Gasteiger partial charge in [-0.1, -0.05) is 6.07 Å². The van der Waals surface area contributed by atoms with E-state index in [1.54, 1.807) is 6.07 Å². The SMILES string of the molecule is COc1ccc(CC#N)c(C(F)(F)F)c1C#N. The largest absolute Gasteiger partial charge is 0.495 e. The number of rotatable bonds is 2. The number of alkyl halides is 3. The summed E-state index contributed by atoms with van der Waals surface area (Å²) in [5.41, 5.74) is -1.91. The molecule has 0 aliphatic carbocycles. The predicted octanol–water partition coefficient (Wildman–Crippen LogP) is 2.65. The van der Waals surface area contributed by atoms with Crippen molar-refractivity contribution in [2.75, 3.05) is 7.11 Å². The van der Waals surface area contributed by atoms with Crippen LogP contribution in [0.15, 0.2) is 12.1 Å². The smallest absolute Gasteiger partial charge is 0.418 e. The molecule has 0 N–H and O–H groups in total. The van der Waals surface area contributed by atoms with E-state index in [1.807, 2.05) is 0 Å². The Kier molecular flexibility index (Phi) is 3.59. The van der Waals surface area contributed by atoms with E-state index < -0.39 is 23.7 Å². The first-order valence-electron chi connectivity index (χ1n) is 4.49. The first kappa shape index (κ1) is 12.9. The van der Waals surface area contributed by atoms with E-state index in [2.05, 4.69) is 0 Å². The molecule has 0 heterocycles. The van der Waals surface area contributed by atoms with E-state index in [-0.39, 0.29) is 11.3 Å². The second-order valence-electron chi connectivity index (χ2n) is 3.12. The van der Waals surface area contributed by atoms with Crippen molar-refractivity contribution in [3.8, 4) is 17.9 Å². The highest BCUT2D eigenvalue weighted by atomic mass is 19.4. The highest BCUT2D eigenvalue weighted by molar-refractivity contribution is 5.54. The summed E-state index contributed by atoms with van der Waals surface area (Å²) in [5.74, 6) is -0.151. The van der Waals surface area contributed by atoms with Gasteiger partial charge in [0.1, 0.15) is 17.4 Å². The van der Waals surface area contributed by atoms with Gasteiger partial charge in [0.2, 0.25) is 0 Å². The number of nitrogens with zero attached hydrogens (tertiary/aromatic N) is 2. The predicted molar refractivity (Wildman–Crippen MR) is 52.0 cm³/mol. The van der Waals surface area contributed by atoms with Crippen molar-refractivity contribution in [3.05, 3.63) is 28.8 Å². The average molecular weight is 240 g/mol. The standard InChI is InChI=1S/C11H7F3N2O/c1-17-9-3-2-7(4-5-15)10(8(9)6-16)11(12,13)14/h2-3H,4H2,1H3. The van der Waals surface area contributed by atoms with Crippen molar-refractivity contribution < 1.29 is 17.9 Å². The third-order valence-electron chi connectivity index (χ3n) is 2.14. The molecule has 0 aromatic heterocycles. The maximum absolute atomic E-state index is 12.8. The fourth-order valence-electron chi connectivity index (χ4n) is 1.46. The molecule has 0 unspecified atom stereocenters. The molecule has 0 saturated carbocycles. The van der Waals surface area contributed by atoms with Gasteiger partial charge >= 0.3 is 6.18 Å². The third kappa shape index (κ3) is 2.48. The Hall–Kier alpha value is -2.21. The molecule has 0 atom stereocenters. The number of benzene rings is 1. The molecule has 1 rings (SSSR count). The van der Waals surface area contributed by atoms with Crippen LogP contribution >= 0.6 is 0 Å². The molecule has 0 amide bonds. The van der Waals surface area contributed by atoms with Gasteiger partial charge in [-0.25, -0.2) is 0 Å². The van der Waals surface area contributed by atoms with Crippen LogP contribution in [0.2, 0.25) is 0 Å². The number of nitriles is 2. The van der Waals surface area contributed by atoms with Crippen LogP contribution in [0.25, 0.3) is 0 Å². The van der Waals surface area contributed by atoms with Crippen LogP contribution < -0.4 is 4.74 Å². The minimum absolute atomic E-state index is 0.151. The van der Waals surface area contributed by atoms with Crippen molar-refractivity contribution in [3.63, 3.8) is 0 Å². The molecule has 0 radical (unpaired) electrons. The van der Waals surface area contributed by atoms with E-state index in [1.165, 1.54) is 19.2 Å². The van der Waals surface area contributed by atoms with Crippen LogP contribution in [0.4, 0.5) is 13.2 Å². The van der Waals surface area contributed by atoms with Crippen LogP contribution in [0.5, 0.6) is 5.75 Å². The molecule has 1 aromatic rings. The van der Waals surface area contributed by atoms with E-state index in [4.69, 9.17) is 15.3 Å². The number of halogens is 3. The third-order valence-corrected chi connectivity index (χ3v) is 2.14. The molecule has 1 aromatic carbocycles. The van der Waals surface area contributed by atoms with Crippen molar-refractivity contribution in [1.29, 1.82) is 10.5 Å². The summed E-state index contributed by atoms with van der Waals surface area (Å²) in [4.78, 5) is 0. The zero-order valence-electron chi connectivity index (χ0n) is 8.80. The van der Waals surface area contributed by atoms with Gasteiger partial charge in [0, 0.05) is 0 Å². The fourth-order valence-corrected chi connectivity index (χ4v) is 1.46. The summed E-state index contributed by atoms with van der Waals surface area (Å²) < 4.78 is 43.2. The monoisotopic (exact) mass is 240 g/mol. The molecule has 0 spiro atoms. The van der Waals surface area contributed by atoms with Gasteiger partial charge in [-0.05, 0) is 11.6 Å². The Bertz CT molecular complexity index is 509. The lowest BCUT2D eigenvalue weighted by atomic mass is 9.98. The minimum Gasteiger partial charge on any atom is -0.495 e. The first-order chi connectivity index (χ1) is 7.95. The lowest BCUT2D eigenvalue weighted by molar-refractivity contribution is -0.138. The Labute approximate surface area is 95.7 Å². The molecule has 0 bridgehead atoms. The van der Waals surface area contributed by atoms with Crippen molar-refractivity contribution in [1.82, 2.24) is 0 Å². The van der Waals surface area contributed by atoms with E-state index in [0.29, 0.717) is 0 Å². The molecular formula is C11H7F3N2O. The van der Waals surface area contributed by atoms with E-state index in [0.717, 1.165) is 6.07 Å². The Morgan fingerprint density at radius 2 is 1.94 bits per heavy atom. The zero-order chi connectivity index (χ0) is 13.1. The Balaban J connectivity index is 3.59. The van der Waals surface area contributed by atoms with Gasteiger partial charge in [-0.3, -0.25) is 0 Å². The van der Waals surface area contributed by atoms with Crippen molar-refractivity contribution >= 4 is 0 Å². The average Bonchev–Trinajstić information content (AvgIpc) is 2.27. The van der Waals surface area contributed by atoms with Crippen molar-refractivity contribution in [2.24, 2.45) is 0 Å². The number of hydrogen-bond acceptors (Lipinski definition) is 3. The number of hydrogen-bond donors (Lipinski definition) is 0. The van der Waals surface area contributed by atoms with Crippen LogP contribution in [-0.4, -0.2) is 7.11 Å². The van der Waals surface area contributed by atoms with Crippen LogP contribution in [0.3, 0.4) is 0 Å². The lowest BCUT2D eigenvalue weighted by Crippen LogP contribution is -2.12. The first-order valence-corrected chi connectivity index (χ1v) is 4.49. The van der Waals surface area contributed by atoms with Crippen LogP contribution in [0.1, 0.15) is 16.7 Å². The summed E-state index contributed by atoms with van der Waals surface area (Å²) >= 11 is 0. The highest BCUT2D eigenvalue weighted by Gasteiger charge is 2.37. The molecule has 17 heavy (non-hydrogen) atoms. The molecule has 88 valence electrons. The molecule has 6 heteroatoms. The van der Waals surface area contributed by atoms with Gasteiger partial charge < -0.3 is 4.74 Å². The summed E-state index contributed by atoms with van der Waals surface area (Å²) in [6.07, 6.45) is -5.10. The van der Waals surface area contributed by atoms with Gasteiger partial charge in [-0.2, -0.15) is 23.7 Å². The molecule has 0 fully saturated rings. The Morgan fingerprint density at radius 3 is 2.35 bits per heavy atom. The second-order valence-corrected chi connectivity index (χ2v) is 3.12. The highest BCUT2D eigenvalue weighted by Crippen LogP contribution is 2.38. The normalized spacial score (nSPS) is 10.5.